The minimum atomic E-state index is -0.385. The molecule has 176 valence electrons. The molecular weight excluding hydrogens is 547 g/mol. The molecule has 34 heavy (non-hydrogen) atoms. The highest BCUT2D eigenvalue weighted by molar-refractivity contribution is 9.10. The number of hydrogen-bond donors (Lipinski definition) is 2. The normalized spacial score (nSPS) is 11.0. The molecule has 0 aliphatic carbocycles. The van der Waals surface area contributed by atoms with E-state index in [9.17, 15) is 4.79 Å². The third kappa shape index (κ3) is 5.25. The number of nitrogens with zero attached hydrogens (tertiary/aromatic N) is 4. The molecule has 0 bridgehead atoms. The molecule has 1 aromatic carbocycles. The van der Waals surface area contributed by atoms with Crippen LogP contribution in [-0.4, -0.2) is 45.7 Å². The van der Waals surface area contributed by atoms with Gasteiger partial charge in [0.25, 0.3) is 5.91 Å². The summed E-state index contributed by atoms with van der Waals surface area (Å²) < 4.78 is 13.4. The van der Waals surface area contributed by atoms with Gasteiger partial charge < -0.3 is 20.1 Å². The van der Waals surface area contributed by atoms with Gasteiger partial charge in [-0.25, -0.2) is 4.98 Å². The zero-order valence-electron chi connectivity index (χ0n) is 18.1. The summed E-state index contributed by atoms with van der Waals surface area (Å²) >= 11 is 15.8. The maximum Gasteiger partial charge on any atom is 0.261 e. The number of fused-ring (bicyclic) bond motifs is 1. The van der Waals surface area contributed by atoms with E-state index in [1.54, 1.807) is 36.9 Å². The van der Waals surface area contributed by atoms with E-state index in [-0.39, 0.29) is 24.0 Å². The number of hydrogen-bond acceptors (Lipinski definition) is 7. The van der Waals surface area contributed by atoms with E-state index in [1.807, 2.05) is 12.1 Å². The Morgan fingerprint density at radius 3 is 2.50 bits per heavy atom. The highest BCUT2D eigenvalue weighted by Gasteiger charge is 2.21. The first-order valence-corrected chi connectivity index (χ1v) is 11.5. The number of carbonyl (C=O) groups excluding carboxylic acids is 1. The number of carbonyl (C=O) groups is 1. The zero-order valence-corrected chi connectivity index (χ0v) is 21.2. The Kier molecular flexibility index (Phi) is 7.52. The molecule has 0 aliphatic rings. The minimum Gasteiger partial charge on any atom is -0.475 e. The summed E-state index contributed by atoms with van der Waals surface area (Å²) in [6, 6.07) is 8.85. The van der Waals surface area contributed by atoms with Crippen LogP contribution >= 0.6 is 39.1 Å². The summed E-state index contributed by atoms with van der Waals surface area (Å²) in [6.45, 7) is 0.559. The van der Waals surface area contributed by atoms with E-state index in [4.69, 9.17) is 32.7 Å². The lowest BCUT2D eigenvalue weighted by atomic mass is 10.2. The summed E-state index contributed by atoms with van der Waals surface area (Å²) in [5, 5.41) is 6.64. The molecule has 2 N–H and O–H groups in total. The van der Waals surface area contributed by atoms with E-state index < -0.39 is 0 Å². The van der Waals surface area contributed by atoms with Crippen molar-refractivity contribution in [3.05, 3.63) is 62.8 Å². The molecule has 0 spiro atoms. The molecule has 4 rings (SSSR count). The average molecular weight is 566 g/mol. The van der Waals surface area contributed by atoms with E-state index in [1.165, 1.54) is 12.4 Å². The number of amides is 1. The monoisotopic (exact) mass is 564 g/mol. The first-order valence-electron chi connectivity index (χ1n) is 9.99. The molecule has 4 aromatic rings. The predicted octanol–water partition coefficient (Wildman–Crippen LogP) is 5.45. The molecule has 3 heterocycles. The van der Waals surface area contributed by atoms with Crippen LogP contribution in [0.2, 0.25) is 10.0 Å². The van der Waals surface area contributed by atoms with Crippen LogP contribution in [0.5, 0.6) is 5.88 Å². The summed E-state index contributed by atoms with van der Waals surface area (Å²) in [5.41, 5.74) is 2.29. The number of aromatic nitrogens is 4. The Hall–Kier alpha value is -2.92. The molecule has 0 radical (unpaired) electrons. The lowest BCUT2D eigenvalue weighted by Gasteiger charge is -2.11. The summed E-state index contributed by atoms with van der Waals surface area (Å²) in [4.78, 5) is 26.2. The molecule has 3 aromatic heterocycles. The lowest BCUT2D eigenvalue weighted by molar-refractivity contribution is 0.101. The highest BCUT2D eigenvalue weighted by Crippen LogP contribution is 2.33. The quantitative estimate of drug-likeness (QED) is 0.274. The van der Waals surface area contributed by atoms with E-state index in [2.05, 4.69) is 41.5 Å². The molecular formula is C22H19BrCl2N6O3. The number of rotatable bonds is 8. The van der Waals surface area contributed by atoms with E-state index in [0.717, 1.165) is 4.47 Å². The van der Waals surface area contributed by atoms with Gasteiger partial charge in [0.2, 0.25) is 11.8 Å². The van der Waals surface area contributed by atoms with Crippen LogP contribution < -0.4 is 15.4 Å². The zero-order chi connectivity index (χ0) is 24.2. The van der Waals surface area contributed by atoms with Crippen LogP contribution in [0.1, 0.15) is 10.4 Å². The number of nitrogens with one attached hydrogen (secondary N) is 2. The number of anilines is 3. The molecule has 0 aliphatic heterocycles. The molecule has 1 amide bonds. The van der Waals surface area contributed by atoms with Crippen LogP contribution in [-0.2, 0) is 11.8 Å². The summed E-state index contributed by atoms with van der Waals surface area (Å²) in [5.74, 6) is 0.198. The second-order valence-electron chi connectivity index (χ2n) is 7.08. The van der Waals surface area contributed by atoms with Crippen molar-refractivity contribution in [1.82, 2.24) is 19.5 Å². The van der Waals surface area contributed by atoms with Gasteiger partial charge in [-0.3, -0.25) is 14.3 Å². The first kappa shape index (κ1) is 24.2. The van der Waals surface area contributed by atoms with Gasteiger partial charge in [0, 0.05) is 36.7 Å². The number of methoxy groups -OCH3 is 1. The number of ether oxygens (including phenoxy) is 2. The van der Waals surface area contributed by atoms with Crippen molar-refractivity contribution in [2.24, 2.45) is 7.05 Å². The SMILES string of the molecule is COCCOc1nc2c(cc1C(=O)Nc1ccc(Br)cc1)nc(Nc1c(Cl)cncc1Cl)n2C. The standard InChI is InChI=1S/C22H19BrCl2N6O3/c1-31-19-17(28-22(31)29-18-15(24)10-26-11-16(18)25)9-14(21(30-19)34-8-7-33-2)20(32)27-13-5-3-12(23)4-6-13/h3-6,9-11H,7-8H2,1-2H3,(H,27,32)(H,26,28,29). The van der Waals surface area contributed by atoms with Gasteiger partial charge in [0.15, 0.2) is 5.65 Å². The summed E-state index contributed by atoms with van der Waals surface area (Å²) in [7, 11) is 3.34. The van der Waals surface area contributed by atoms with Gasteiger partial charge in [-0.05, 0) is 30.3 Å². The topological polar surface area (TPSA) is 103 Å². The predicted molar refractivity (Wildman–Crippen MR) is 136 cm³/mol. The minimum absolute atomic E-state index is 0.161. The second kappa shape index (κ2) is 10.6. The smallest absolute Gasteiger partial charge is 0.261 e. The van der Waals surface area contributed by atoms with Gasteiger partial charge in [-0.15, -0.1) is 0 Å². The molecule has 0 atom stereocenters. The number of halogens is 3. The fourth-order valence-corrected chi connectivity index (χ4v) is 3.80. The highest BCUT2D eigenvalue weighted by atomic mass is 79.9. The van der Waals surface area contributed by atoms with Gasteiger partial charge in [-0.2, -0.15) is 4.98 Å². The Morgan fingerprint density at radius 1 is 1.12 bits per heavy atom. The number of benzene rings is 1. The first-order chi connectivity index (χ1) is 16.4. The number of imidazole rings is 1. The molecule has 0 unspecified atom stereocenters. The third-order valence-electron chi connectivity index (χ3n) is 4.77. The molecule has 12 heteroatoms. The molecule has 0 fully saturated rings. The van der Waals surface area contributed by atoms with Gasteiger partial charge >= 0.3 is 0 Å². The fraction of sp³-hybridized carbons (Fsp3) is 0.182. The van der Waals surface area contributed by atoms with Gasteiger partial charge in [0.05, 0.1) is 22.3 Å². The van der Waals surface area contributed by atoms with Crippen molar-refractivity contribution in [2.45, 2.75) is 0 Å². The van der Waals surface area contributed by atoms with Crippen molar-refractivity contribution >= 4 is 73.5 Å². The van der Waals surface area contributed by atoms with Crippen LogP contribution in [0.4, 0.5) is 17.3 Å². The van der Waals surface area contributed by atoms with Crippen LogP contribution in [0.3, 0.4) is 0 Å². The third-order valence-corrected chi connectivity index (χ3v) is 5.87. The number of aryl methyl sites for hydroxylation is 1. The molecule has 0 saturated carbocycles. The average Bonchev–Trinajstić information content (AvgIpc) is 3.12. The van der Waals surface area contributed by atoms with Crippen molar-refractivity contribution in [1.29, 1.82) is 0 Å². The van der Waals surface area contributed by atoms with Crippen molar-refractivity contribution in [3.63, 3.8) is 0 Å². The van der Waals surface area contributed by atoms with Gasteiger partial charge in [0.1, 0.15) is 17.7 Å². The maximum atomic E-state index is 13.1. The number of pyridine rings is 2. The van der Waals surface area contributed by atoms with Crippen molar-refractivity contribution in [3.8, 4) is 5.88 Å². The van der Waals surface area contributed by atoms with Crippen LogP contribution in [0.25, 0.3) is 11.2 Å². The molecule has 0 saturated heterocycles. The van der Waals surface area contributed by atoms with Crippen LogP contribution in [0, 0.1) is 0 Å². The Bertz CT molecular complexity index is 1330. The van der Waals surface area contributed by atoms with Crippen LogP contribution in [0.15, 0.2) is 47.2 Å². The Balaban J connectivity index is 1.72. The van der Waals surface area contributed by atoms with Crippen molar-refractivity contribution < 1.29 is 14.3 Å². The Morgan fingerprint density at radius 2 is 1.82 bits per heavy atom. The van der Waals surface area contributed by atoms with E-state index in [0.29, 0.717) is 45.1 Å². The van der Waals surface area contributed by atoms with E-state index >= 15 is 0 Å². The van der Waals surface area contributed by atoms with Crippen molar-refractivity contribution in [2.75, 3.05) is 31.0 Å². The maximum absolute atomic E-state index is 13.1. The largest absolute Gasteiger partial charge is 0.475 e. The lowest BCUT2D eigenvalue weighted by Crippen LogP contribution is -2.16. The fourth-order valence-electron chi connectivity index (χ4n) is 3.08. The summed E-state index contributed by atoms with van der Waals surface area (Å²) in [6.07, 6.45) is 2.95. The Labute approximate surface area is 213 Å². The second-order valence-corrected chi connectivity index (χ2v) is 8.81. The molecule has 9 nitrogen and oxygen atoms in total. The van der Waals surface area contributed by atoms with Gasteiger partial charge in [-0.1, -0.05) is 39.1 Å².